The number of carbonyl (C=O) groups excluding carboxylic acids is 1. The summed E-state index contributed by atoms with van der Waals surface area (Å²) in [5.41, 5.74) is 3.72. The minimum absolute atomic E-state index is 0.154. The van der Waals surface area contributed by atoms with Gasteiger partial charge in [-0.05, 0) is 49.2 Å². The average molecular weight is 311 g/mol. The molecule has 0 aliphatic heterocycles. The van der Waals surface area contributed by atoms with Crippen molar-refractivity contribution in [3.05, 3.63) is 65.4 Å². The highest BCUT2D eigenvalue weighted by Gasteiger charge is 2.11. The Balaban J connectivity index is 2.17. The lowest BCUT2D eigenvalue weighted by atomic mass is 10.1. The summed E-state index contributed by atoms with van der Waals surface area (Å²) in [6.07, 6.45) is 3.13. The molecule has 2 rings (SSSR count). The van der Waals surface area contributed by atoms with Gasteiger partial charge in [-0.2, -0.15) is 0 Å². The Kier molecular flexibility index (Phi) is 5.41. The molecule has 2 aromatic rings. The molecule has 0 unspecified atom stereocenters. The zero-order valence-electron chi connectivity index (χ0n) is 13.8. The number of ketones is 1. The fraction of sp³-hybridized carbons (Fsp3) is 0.211. The van der Waals surface area contributed by atoms with Crippen molar-refractivity contribution in [2.24, 2.45) is 0 Å². The molecule has 23 heavy (non-hydrogen) atoms. The van der Waals surface area contributed by atoms with Crippen LogP contribution in [0.2, 0.25) is 0 Å². The van der Waals surface area contributed by atoms with Gasteiger partial charge in [-0.25, -0.2) is 0 Å². The summed E-state index contributed by atoms with van der Waals surface area (Å²) >= 11 is 0. The van der Waals surface area contributed by atoms with E-state index in [1.807, 2.05) is 26.0 Å². The number of nitrogens with one attached hydrogen (secondary N) is 1. The Hall–Kier alpha value is -2.75. The zero-order valence-corrected chi connectivity index (χ0v) is 13.8. The van der Waals surface area contributed by atoms with Crippen molar-refractivity contribution in [1.82, 2.24) is 0 Å². The normalized spacial score (nSPS) is 10.6. The fourth-order valence-electron chi connectivity index (χ4n) is 2.19. The summed E-state index contributed by atoms with van der Waals surface area (Å²) in [6, 6.07) is 11.3. The molecular formula is C19H21NO3. The minimum Gasteiger partial charge on any atom is -0.497 e. The van der Waals surface area contributed by atoms with Crippen LogP contribution >= 0.6 is 0 Å². The molecular weight excluding hydrogens is 290 g/mol. The molecule has 0 amide bonds. The fourth-order valence-corrected chi connectivity index (χ4v) is 2.19. The molecule has 0 aromatic heterocycles. The molecule has 0 bridgehead atoms. The number of rotatable bonds is 6. The lowest BCUT2D eigenvalue weighted by molar-refractivity contribution is 0.104. The van der Waals surface area contributed by atoms with Gasteiger partial charge in [0.2, 0.25) is 0 Å². The molecule has 0 fully saturated rings. The Bertz CT molecular complexity index is 735. The molecule has 4 heteroatoms. The highest BCUT2D eigenvalue weighted by atomic mass is 16.5. The molecule has 0 heterocycles. The first-order valence-corrected chi connectivity index (χ1v) is 7.32. The average Bonchev–Trinajstić information content (AvgIpc) is 2.57. The predicted octanol–water partition coefficient (Wildman–Crippen LogP) is 4.13. The quantitative estimate of drug-likeness (QED) is 0.643. The maximum Gasteiger partial charge on any atom is 0.191 e. The van der Waals surface area contributed by atoms with Gasteiger partial charge in [-0.3, -0.25) is 4.79 Å². The molecule has 0 atom stereocenters. The lowest BCUT2D eigenvalue weighted by Crippen LogP contribution is -2.01. The van der Waals surface area contributed by atoms with E-state index < -0.39 is 0 Å². The molecule has 0 radical (unpaired) electrons. The number of hydrogen-bond acceptors (Lipinski definition) is 4. The first-order chi connectivity index (χ1) is 11.0. The van der Waals surface area contributed by atoms with Crippen molar-refractivity contribution in [2.75, 3.05) is 19.5 Å². The Morgan fingerprint density at radius 3 is 2.52 bits per heavy atom. The van der Waals surface area contributed by atoms with E-state index >= 15 is 0 Å². The van der Waals surface area contributed by atoms with E-state index in [0.29, 0.717) is 17.1 Å². The SMILES string of the molecule is COc1ccc(OC)c(C(=O)C=CNc2cc(C)ccc2C)c1. The molecule has 0 aliphatic carbocycles. The molecule has 2 aromatic carbocycles. The maximum atomic E-state index is 12.4. The van der Waals surface area contributed by atoms with Crippen molar-refractivity contribution < 1.29 is 14.3 Å². The number of carbonyl (C=O) groups is 1. The van der Waals surface area contributed by atoms with Crippen molar-refractivity contribution in [3.8, 4) is 11.5 Å². The summed E-state index contributed by atoms with van der Waals surface area (Å²) in [5.74, 6) is 0.982. The third-order valence-corrected chi connectivity index (χ3v) is 3.54. The van der Waals surface area contributed by atoms with E-state index in [-0.39, 0.29) is 5.78 Å². The lowest BCUT2D eigenvalue weighted by Gasteiger charge is -2.08. The largest absolute Gasteiger partial charge is 0.497 e. The molecule has 0 saturated carbocycles. The monoisotopic (exact) mass is 311 g/mol. The van der Waals surface area contributed by atoms with Crippen molar-refractivity contribution in [2.45, 2.75) is 13.8 Å². The number of ether oxygens (including phenoxy) is 2. The summed E-state index contributed by atoms with van der Waals surface area (Å²) in [6.45, 7) is 4.04. The Morgan fingerprint density at radius 1 is 1.04 bits per heavy atom. The van der Waals surface area contributed by atoms with E-state index in [1.165, 1.54) is 13.2 Å². The highest BCUT2D eigenvalue weighted by Crippen LogP contribution is 2.24. The number of aryl methyl sites for hydroxylation is 2. The van der Waals surface area contributed by atoms with Crippen LogP contribution in [0.3, 0.4) is 0 Å². The van der Waals surface area contributed by atoms with Gasteiger partial charge >= 0.3 is 0 Å². The predicted molar refractivity (Wildman–Crippen MR) is 92.6 cm³/mol. The highest BCUT2D eigenvalue weighted by molar-refractivity contribution is 6.07. The second kappa shape index (κ2) is 7.49. The molecule has 0 spiro atoms. The number of anilines is 1. The summed E-state index contributed by atoms with van der Waals surface area (Å²) < 4.78 is 10.4. The van der Waals surface area contributed by atoms with Crippen LogP contribution < -0.4 is 14.8 Å². The van der Waals surface area contributed by atoms with E-state index in [0.717, 1.165) is 16.8 Å². The minimum atomic E-state index is -0.154. The van der Waals surface area contributed by atoms with Crippen LogP contribution in [-0.2, 0) is 0 Å². The smallest absolute Gasteiger partial charge is 0.191 e. The second-order valence-corrected chi connectivity index (χ2v) is 5.23. The topological polar surface area (TPSA) is 47.6 Å². The van der Waals surface area contributed by atoms with Crippen LogP contribution in [0.25, 0.3) is 0 Å². The van der Waals surface area contributed by atoms with Gasteiger partial charge in [0.05, 0.1) is 19.8 Å². The van der Waals surface area contributed by atoms with Crippen molar-refractivity contribution in [1.29, 1.82) is 0 Å². The van der Waals surface area contributed by atoms with Gasteiger partial charge in [0.25, 0.3) is 0 Å². The van der Waals surface area contributed by atoms with Gasteiger partial charge in [0.15, 0.2) is 5.78 Å². The van der Waals surface area contributed by atoms with Crippen LogP contribution in [0.15, 0.2) is 48.7 Å². The number of hydrogen-bond donors (Lipinski definition) is 1. The number of methoxy groups -OCH3 is 2. The van der Waals surface area contributed by atoms with E-state index in [4.69, 9.17) is 9.47 Å². The third-order valence-electron chi connectivity index (χ3n) is 3.54. The second-order valence-electron chi connectivity index (χ2n) is 5.23. The molecule has 4 nitrogen and oxygen atoms in total. The van der Waals surface area contributed by atoms with Crippen molar-refractivity contribution >= 4 is 11.5 Å². The Labute approximate surface area is 136 Å². The maximum absolute atomic E-state index is 12.4. The number of benzene rings is 2. The molecule has 120 valence electrons. The zero-order chi connectivity index (χ0) is 16.8. The van der Waals surface area contributed by atoms with Crippen LogP contribution in [0.4, 0.5) is 5.69 Å². The van der Waals surface area contributed by atoms with Crippen LogP contribution in [0.1, 0.15) is 21.5 Å². The van der Waals surface area contributed by atoms with Crippen LogP contribution in [-0.4, -0.2) is 20.0 Å². The van der Waals surface area contributed by atoms with Gasteiger partial charge in [-0.1, -0.05) is 12.1 Å². The van der Waals surface area contributed by atoms with Crippen LogP contribution in [0, 0.1) is 13.8 Å². The van der Waals surface area contributed by atoms with Crippen LogP contribution in [0.5, 0.6) is 11.5 Å². The van der Waals surface area contributed by atoms with E-state index in [2.05, 4.69) is 11.4 Å². The third kappa shape index (κ3) is 4.13. The summed E-state index contributed by atoms with van der Waals surface area (Å²) in [5, 5.41) is 3.15. The van der Waals surface area contributed by atoms with E-state index in [1.54, 1.807) is 31.5 Å². The van der Waals surface area contributed by atoms with Gasteiger partial charge in [-0.15, -0.1) is 0 Å². The summed E-state index contributed by atoms with van der Waals surface area (Å²) in [7, 11) is 3.10. The van der Waals surface area contributed by atoms with Gasteiger partial charge < -0.3 is 14.8 Å². The van der Waals surface area contributed by atoms with Gasteiger partial charge in [0.1, 0.15) is 11.5 Å². The molecule has 1 N–H and O–H groups in total. The Morgan fingerprint density at radius 2 is 1.83 bits per heavy atom. The first-order valence-electron chi connectivity index (χ1n) is 7.32. The standard InChI is InChI=1S/C19H21NO3/c1-13-5-6-14(2)17(11-13)20-10-9-18(21)16-12-15(22-3)7-8-19(16)23-4/h5-12,20H,1-4H3. The number of allylic oxidation sites excluding steroid dienone is 1. The molecule has 0 saturated heterocycles. The first kappa shape index (κ1) is 16.6. The molecule has 0 aliphatic rings. The van der Waals surface area contributed by atoms with Gasteiger partial charge in [0, 0.05) is 18.0 Å². The summed E-state index contributed by atoms with van der Waals surface area (Å²) in [4.78, 5) is 12.4. The van der Waals surface area contributed by atoms with E-state index in [9.17, 15) is 4.79 Å². The van der Waals surface area contributed by atoms with Crippen molar-refractivity contribution in [3.63, 3.8) is 0 Å².